The van der Waals surface area contributed by atoms with Gasteiger partial charge in [-0.25, -0.2) is 12.8 Å². The van der Waals surface area contributed by atoms with E-state index in [2.05, 4.69) is 0 Å². The molecule has 2 atom stereocenters. The molecule has 20 heavy (non-hydrogen) atoms. The zero-order valence-corrected chi connectivity index (χ0v) is 12.1. The Labute approximate surface area is 118 Å². The average Bonchev–Trinajstić information content (AvgIpc) is 2.59. The van der Waals surface area contributed by atoms with Crippen molar-refractivity contribution in [3.05, 3.63) is 35.1 Å². The number of halogens is 1. The van der Waals surface area contributed by atoms with Crippen molar-refractivity contribution in [1.82, 2.24) is 0 Å². The normalized spacial score (nSPS) is 31.2. The van der Waals surface area contributed by atoms with E-state index < -0.39 is 15.7 Å². The molecule has 2 saturated heterocycles. The largest absolute Gasteiger partial charge is 0.294 e. The summed E-state index contributed by atoms with van der Waals surface area (Å²) in [5.41, 5.74) is 1.14. The van der Waals surface area contributed by atoms with Crippen molar-refractivity contribution in [2.24, 2.45) is 5.92 Å². The van der Waals surface area contributed by atoms with E-state index in [0.717, 1.165) is 5.56 Å². The zero-order chi connectivity index (χ0) is 14.5. The average molecular weight is 296 g/mol. The van der Waals surface area contributed by atoms with Crippen molar-refractivity contribution in [1.29, 1.82) is 0 Å². The van der Waals surface area contributed by atoms with Crippen LogP contribution in [0, 0.1) is 18.7 Å². The quantitative estimate of drug-likeness (QED) is 0.788. The van der Waals surface area contributed by atoms with Crippen LogP contribution in [0.2, 0.25) is 0 Å². The molecule has 2 unspecified atom stereocenters. The second-order valence-electron chi connectivity index (χ2n) is 5.90. The molecule has 0 amide bonds. The highest BCUT2D eigenvalue weighted by molar-refractivity contribution is 7.93. The van der Waals surface area contributed by atoms with E-state index in [-0.39, 0.29) is 22.2 Å². The fourth-order valence-corrected chi connectivity index (χ4v) is 5.98. The predicted octanol–water partition coefficient (Wildman–Crippen LogP) is 2.67. The molecule has 108 valence electrons. The summed E-state index contributed by atoms with van der Waals surface area (Å²) in [6.07, 6.45) is 2.12. The van der Waals surface area contributed by atoms with Crippen LogP contribution in [0.15, 0.2) is 18.2 Å². The third-order valence-corrected chi connectivity index (χ3v) is 7.39. The van der Waals surface area contributed by atoms with Crippen LogP contribution in [-0.2, 0) is 9.84 Å². The highest BCUT2D eigenvalue weighted by Gasteiger charge is 2.48. The third kappa shape index (κ3) is 2.08. The van der Waals surface area contributed by atoms with E-state index in [0.29, 0.717) is 31.2 Å². The molecule has 2 aliphatic rings. The van der Waals surface area contributed by atoms with Gasteiger partial charge >= 0.3 is 0 Å². The first-order valence-electron chi connectivity index (χ1n) is 6.92. The second-order valence-corrected chi connectivity index (χ2v) is 8.41. The number of hydrogen-bond acceptors (Lipinski definition) is 3. The van der Waals surface area contributed by atoms with Gasteiger partial charge in [0.2, 0.25) is 0 Å². The lowest BCUT2D eigenvalue weighted by Gasteiger charge is -2.27. The molecular weight excluding hydrogens is 279 g/mol. The molecular formula is C15H17FO3S. The van der Waals surface area contributed by atoms with Gasteiger partial charge in [0.05, 0.1) is 10.5 Å². The highest BCUT2D eigenvalue weighted by atomic mass is 32.2. The minimum absolute atomic E-state index is 0.103. The third-order valence-electron chi connectivity index (χ3n) is 4.67. The van der Waals surface area contributed by atoms with Crippen LogP contribution in [-0.4, -0.2) is 24.7 Å². The molecule has 0 radical (unpaired) electrons. The maximum atomic E-state index is 13.3. The second kappa shape index (κ2) is 4.65. The van der Waals surface area contributed by atoms with Crippen molar-refractivity contribution in [2.45, 2.75) is 43.1 Å². The number of carbonyl (C=O) groups excluding carboxylic acids is 1. The summed E-state index contributed by atoms with van der Waals surface area (Å²) in [4.78, 5) is 12.5. The van der Waals surface area contributed by atoms with Crippen molar-refractivity contribution >= 4 is 15.6 Å². The van der Waals surface area contributed by atoms with Crippen molar-refractivity contribution in [3.63, 3.8) is 0 Å². The maximum Gasteiger partial charge on any atom is 0.166 e. The molecule has 1 aromatic carbocycles. The van der Waals surface area contributed by atoms with Crippen LogP contribution in [0.5, 0.6) is 0 Å². The molecule has 0 aromatic heterocycles. The molecule has 2 bridgehead atoms. The van der Waals surface area contributed by atoms with Gasteiger partial charge in [0.15, 0.2) is 15.6 Å². The van der Waals surface area contributed by atoms with E-state index in [1.54, 1.807) is 13.0 Å². The van der Waals surface area contributed by atoms with Crippen molar-refractivity contribution < 1.29 is 17.6 Å². The Bertz CT molecular complexity index is 646. The fourth-order valence-electron chi connectivity index (χ4n) is 3.50. The lowest BCUT2D eigenvalue weighted by molar-refractivity contribution is 0.0904. The van der Waals surface area contributed by atoms with Gasteiger partial charge in [-0.1, -0.05) is 6.07 Å². The van der Waals surface area contributed by atoms with Gasteiger partial charge in [0, 0.05) is 11.5 Å². The number of benzene rings is 1. The molecule has 3 rings (SSSR count). The van der Waals surface area contributed by atoms with Crippen LogP contribution >= 0.6 is 0 Å². The Morgan fingerprint density at radius 2 is 1.80 bits per heavy atom. The van der Waals surface area contributed by atoms with Gasteiger partial charge in [-0.3, -0.25) is 4.79 Å². The number of hydrogen-bond donors (Lipinski definition) is 0. The summed E-state index contributed by atoms with van der Waals surface area (Å²) in [6, 6.07) is 4.19. The van der Waals surface area contributed by atoms with Crippen LogP contribution in [0.4, 0.5) is 4.39 Å². The van der Waals surface area contributed by atoms with Crippen molar-refractivity contribution in [2.75, 3.05) is 0 Å². The first-order valence-corrected chi connectivity index (χ1v) is 8.53. The Morgan fingerprint density at radius 3 is 2.40 bits per heavy atom. The van der Waals surface area contributed by atoms with Crippen LogP contribution in [0.25, 0.3) is 0 Å². The monoisotopic (exact) mass is 296 g/mol. The molecule has 2 aliphatic heterocycles. The highest BCUT2D eigenvalue weighted by Crippen LogP contribution is 2.42. The molecule has 2 heterocycles. The Balaban J connectivity index is 1.88. The Morgan fingerprint density at radius 1 is 1.20 bits per heavy atom. The summed E-state index contributed by atoms with van der Waals surface area (Å²) < 4.78 is 37.4. The standard InChI is InChI=1S/C15H17FO3S/c1-9-2-3-11(16)8-14(9)15(17)10-6-12-4-5-13(7-10)20(12,18)19/h2-3,8,10,12-13H,4-7H2,1H3. The number of ketones is 1. The number of aryl methyl sites for hydroxylation is 1. The summed E-state index contributed by atoms with van der Waals surface area (Å²) in [5, 5.41) is -0.742. The van der Waals surface area contributed by atoms with Crippen molar-refractivity contribution in [3.8, 4) is 0 Å². The number of fused-ring (bicyclic) bond motifs is 2. The van der Waals surface area contributed by atoms with E-state index >= 15 is 0 Å². The van der Waals surface area contributed by atoms with Crippen LogP contribution in [0.3, 0.4) is 0 Å². The number of carbonyl (C=O) groups is 1. The first-order chi connectivity index (χ1) is 9.39. The molecule has 5 heteroatoms. The smallest absolute Gasteiger partial charge is 0.166 e. The van der Waals surface area contributed by atoms with E-state index in [4.69, 9.17) is 0 Å². The van der Waals surface area contributed by atoms with Gasteiger partial charge < -0.3 is 0 Å². The molecule has 1 aromatic rings. The molecule has 0 saturated carbocycles. The summed E-state index contributed by atoms with van der Waals surface area (Å²) >= 11 is 0. The lowest BCUT2D eigenvalue weighted by atomic mass is 9.88. The number of sulfone groups is 1. The van der Waals surface area contributed by atoms with Gasteiger partial charge in [-0.05, 0) is 50.3 Å². The van der Waals surface area contributed by atoms with Gasteiger partial charge in [0.25, 0.3) is 0 Å². The van der Waals surface area contributed by atoms with Crippen LogP contribution in [0.1, 0.15) is 41.6 Å². The Kier molecular flexibility index (Phi) is 3.20. The van der Waals surface area contributed by atoms with Gasteiger partial charge in [-0.15, -0.1) is 0 Å². The zero-order valence-electron chi connectivity index (χ0n) is 11.3. The SMILES string of the molecule is Cc1ccc(F)cc1C(=O)C1CC2CCC(C1)S2(=O)=O. The molecule has 2 fully saturated rings. The Hall–Kier alpha value is -1.23. The van der Waals surface area contributed by atoms with Crippen LogP contribution < -0.4 is 0 Å². The molecule has 0 aliphatic carbocycles. The van der Waals surface area contributed by atoms with E-state index in [9.17, 15) is 17.6 Å². The lowest BCUT2D eigenvalue weighted by Crippen LogP contribution is -2.36. The number of rotatable bonds is 2. The summed E-state index contributed by atoms with van der Waals surface area (Å²) in [5.74, 6) is -0.810. The van der Waals surface area contributed by atoms with E-state index in [1.165, 1.54) is 12.1 Å². The molecule has 0 spiro atoms. The number of Topliss-reactive ketones (excluding diaryl/α,β-unsaturated/α-hetero) is 1. The fraction of sp³-hybridized carbons (Fsp3) is 0.533. The minimum Gasteiger partial charge on any atom is -0.294 e. The van der Waals surface area contributed by atoms with Gasteiger partial charge in [0.1, 0.15) is 5.82 Å². The maximum absolute atomic E-state index is 13.3. The van der Waals surface area contributed by atoms with E-state index in [1.807, 2.05) is 0 Å². The van der Waals surface area contributed by atoms with Gasteiger partial charge in [-0.2, -0.15) is 0 Å². The molecule has 0 N–H and O–H groups in total. The topological polar surface area (TPSA) is 51.2 Å². The summed E-state index contributed by atoms with van der Waals surface area (Å²) in [7, 11) is -3.02. The minimum atomic E-state index is -3.02. The summed E-state index contributed by atoms with van der Waals surface area (Å²) in [6.45, 7) is 1.78. The first kappa shape index (κ1) is 13.7. The predicted molar refractivity (Wildman–Crippen MR) is 73.9 cm³/mol. The molecule has 3 nitrogen and oxygen atoms in total.